The Hall–Kier alpha value is -2.77. The third kappa shape index (κ3) is 3.76. The molecule has 0 amide bonds. The van der Waals surface area contributed by atoms with Gasteiger partial charge in [0.15, 0.2) is 10.8 Å². The van der Waals surface area contributed by atoms with Gasteiger partial charge in [-0.05, 0) is 48.9 Å². The quantitative estimate of drug-likeness (QED) is 0.481. The fourth-order valence-electron chi connectivity index (χ4n) is 3.05. The Kier molecular flexibility index (Phi) is 5.36. The van der Waals surface area contributed by atoms with Crippen LogP contribution in [-0.4, -0.2) is 45.3 Å². The van der Waals surface area contributed by atoms with Gasteiger partial charge in [-0.15, -0.1) is 10.2 Å². The molecule has 1 atom stereocenters. The van der Waals surface area contributed by atoms with Crippen molar-refractivity contribution >= 4 is 28.3 Å². The molecule has 1 unspecified atom stereocenters. The SMILES string of the molecule is COc1ccc(OCC(O)CSc2nnc3cc(C)c4ccccc4n23)cc1. The third-order valence-corrected chi connectivity index (χ3v) is 5.55. The van der Waals surface area contributed by atoms with Gasteiger partial charge >= 0.3 is 0 Å². The molecule has 2 heterocycles. The van der Waals surface area contributed by atoms with Crippen molar-refractivity contribution in [2.24, 2.45) is 0 Å². The van der Waals surface area contributed by atoms with Crippen molar-refractivity contribution in [3.63, 3.8) is 0 Å². The van der Waals surface area contributed by atoms with Gasteiger partial charge < -0.3 is 14.6 Å². The molecule has 0 aliphatic carbocycles. The highest BCUT2D eigenvalue weighted by atomic mass is 32.2. The highest BCUT2D eigenvalue weighted by Gasteiger charge is 2.14. The summed E-state index contributed by atoms with van der Waals surface area (Å²) in [6.45, 7) is 2.28. The summed E-state index contributed by atoms with van der Waals surface area (Å²) in [7, 11) is 1.62. The Morgan fingerprint density at radius 1 is 1.07 bits per heavy atom. The molecule has 0 aliphatic heterocycles. The highest BCUT2D eigenvalue weighted by molar-refractivity contribution is 7.99. The van der Waals surface area contributed by atoms with Crippen LogP contribution in [0.2, 0.25) is 0 Å². The van der Waals surface area contributed by atoms with Crippen LogP contribution in [0.4, 0.5) is 0 Å². The summed E-state index contributed by atoms with van der Waals surface area (Å²) in [6, 6.07) is 17.5. The molecule has 2 aromatic carbocycles. The number of aliphatic hydroxyl groups is 1. The number of hydrogen-bond acceptors (Lipinski definition) is 6. The number of fused-ring (bicyclic) bond motifs is 3. The highest BCUT2D eigenvalue weighted by Crippen LogP contribution is 2.26. The van der Waals surface area contributed by atoms with Crippen LogP contribution in [-0.2, 0) is 0 Å². The topological polar surface area (TPSA) is 68.9 Å². The number of nitrogens with zero attached hydrogens (tertiary/aromatic N) is 3. The van der Waals surface area contributed by atoms with Crippen LogP contribution in [0.1, 0.15) is 5.56 Å². The van der Waals surface area contributed by atoms with Crippen molar-refractivity contribution in [2.45, 2.75) is 18.2 Å². The van der Waals surface area contributed by atoms with Gasteiger partial charge in [-0.2, -0.15) is 0 Å². The van der Waals surface area contributed by atoms with Crippen molar-refractivity contribution in [3.8, 4) is 11.5 Å². The number of thioether (sulfide) groups is 1. The average molecular weight is 395 g/mol. The number of aromatic nitrogens is 3. The molecule has 0 spiro atoms. The van der Waals surface area contributed by atoms with E-state index in [2.05, 4.69) is 29.3 Å². The number of aliphatic hydroxyl groups excluding tert-OH is 1. The molecule has 2 aromatic heterocycles. The molecule has 6 nitrogen and oxygen atoms in total. The number of benzene rings is 2. The standard InChI is InChI=1S/C21H21N3O3S/c1-14-11-20-22-23-21(24(20)19-6-4-3-5-18(14)19)28-13-15(25)12-27-17-9-7-16(26-2)8-10-17/h3-11,15,25H,12-13H2,1-2H3. The van der Waals surface area contributed by atoms with Crippen LogP contribution in [0.5, 0.6) is 11.5 Å². The van der Waals surface area contributed by atoms with Crippen LogP contribution in [0, 0.1) is 6.92 Å². The summed E-state index contributed by atoms with van der Waals surface area (Å²) in [5.74, 6) is 1.92. The zero-order valence-electron chi connectivity index (χ0n) is 15.7. The van der Waals surface area contributed by atoms with Crippen LogP contribution >= 0.6 is 11.8 Å². The van der Waals surface area contributed by atoms with Gasteiger partial charge in [0.1, 0.15) is 18.1 Å². The number of methoxy groups -OCH3 is 1. The smallest absolute Gasteiger partial charge is 0.196 e. The maximum absolute atomic E-state index is 10.3. The fraction of sp³-hybridized carbons (Fsp3) is 0.238. The monoisotopic (exact) mass is 395 g/mol. The van der Waals surface area contributed by atoms with Crippen LogP contribution < -0.4 is 9.47 Å². The second-order valence-electron chi connectivity index (χ2n) is 6.47. The first kappa shape index (κ1) is 18.6. The van der Waals surface area contributed by atoms with E-state index in [1.165, 1.54) is 22.7 Å². The lowest BCUT2D eigenvalue weighted by molar-refractivity contribution is 0.126. The van der Waals surface area contributed by atoms with Crippen LogP contribution in [0.15, 0.2) is 59.8 Å². The summed E-state index contributed by atoms with van der Waals surface area (Å²) >= 11 is 1.47. The van der Waals surface area contributed by atoms with E-state index >= 15 is 0 Å². The molecular formula is C21H21N3O3S. The lowest BCUT2D eigenvalue weighted by Crippen LogP contribution is -2.20. The molecule has 144 valence electrons. The van der Waals surface area contributed by atoms with Crippen molar-refractivity contribution in [3.05, 3.63) is 60.2 Å². The average Bonchev–Trinajstić information content (AvgIpc) is 3.14. The minimum atomic E-state index is -0.629. The summed E-state index contributed by atoms with van der Waals surface area (Å²) in [4.78, 5) is 0. The van der Waals surface area contributed by atoms with E-state index in [9.17, 15) is 5.11 Å². The molecule has 4 rings (SSSR count). The Labute approximate surface area is 167 Å². The van der Waals surface area contributed by atoms with Gasteiger partial charge in [-0.25, -0.2) is 0 Å². The largest absolute Gasteiger partial charge is 0.497 e. The molecule has 0 saturated carbocycles. The van der Waals surface area contributed by atoms with E-state index in [0.29, 0.717) is 11.5 Å². The van der Waals surface area contributed by atoms with Crippen LogP contribution in [0.25, 0.3) is 16.6 Å². The zero-order chi connectivity index (χ0) is 19.5. The number of para-hydroxylation sites is 1. The van der Waals surface area contributed by atoms with Gasteiger partial charge in [0.25, 0.3) is 0 Å². The van der Waals surface area contributed by atoms with Gasteiger partial charge in [0.2, 0.25) is 0 Å². The first-order valence-electron chi connectivity index (χ1n) is 8.97. The molecule has 0 aliphatic rings. The minimum absolute atomic E-state index is 0.204. The maximum Gasteiger partial charge on any atom is 0.196 e. The van der Waals surface area contributed by atoms with Crippen LogP contribution in [0.3, 0.4) is 0 Å². The number of hydrogen-bond donors (Lipinski definition) is 1. The molecular weight excluding hydrogens is 374 g/mol. The van der Waals surface area contributed by atoms with Crippen molar-refractivity contribution in [1.82, 2.24) is 14.6 Å². The third-order valence-electron chi connectivity index (χ3n) is 4.48. The fourth-order valence-corrected chi connectivity index (χ4v) is 3.91. The molecule has 0 bridgehead atoms. The summed E-state index contributed by atoms with van der Waals surface area (Å²) in [6.07, 6.45) is -0.629. The van der Waals surface area contributed by atoms with Crippen molar-refractivity contribution < 1.29 is 14.6 Å². The second kappa shape index (κ2) is 8.08. The Bertz CT molecular complexity index is 1100. The summed E-state index contributed by atoms with van der Waals surface area (Å²) < 4.78 is 12.8. The maximum atomic E-state index is 10.3. The van der Waals surface area contributed by atoms with E-state index in [4.69, 9.17) is 9.47 Å². The number of pyridine rings is 1. The second-order valence-corrected chi connectivity index (χ2v) is 7.46. The number of rotatable bonds is 7. The lowest BCUT2D eigenvalue weighted by atomic mass is 10.1. The predicted molar refractivity (Wildman–Crippen MR) is 110 cm³/mol. The van der Waals surface area contributed by atoms with E-state index in [-0.39, 0.29) is 6.61 Å². The molecule has 4 aromatic rings. The van der Waals surface area contributed by atoms with E-state index in [0.717, 1.165) is 22.1 Å². The molecule has 7 heteroatoms. The molecule has 0 saturated heterocycles. The van der Waals surface area contributed by atoms with E-state index in [1.807, 2.05) is 46.9 Å². The first-order chi connectivity index (χ1) is 13.7. The van der Waals surface area contributed by atoms with Gasteiger partial charge in [-0.1, -0.05) is 30.0 Å². The lowest BCUT2D eigenvalue weighted by Gasteiger charge is -2.12. The van der Waals surface area contributed by atoms with Crippen molar-refractivity contribution in [2.75, 3.05) is 19.5 Å². The minimum Gasteiger partial charge on any atom is -0.497 e. The van der Waals surface area contributed by atoms with Crippen molar-refractivity contribution in [1.29, 1.82) is 0 Å². The predicted octanol–water partition coefficient (Wildman–Crippen LogP) is 3.73. The molecule has 28 heavy (non-hydrogen) atoms. The van der Waals surface area contributed by atoms with Gasteiger partial charge in [0.05, 0.1) is 18.7 Å². The Balaban J connectivity index is 1.44. The van der Waals surface area contributed by atoms with Gasteiger partial charge in [0, 0.05) is 11.1 Å². The van der Waals surface area contributed by atoms with Gasteiger partial charge in [-0.3, -0.25) is 4.40 Å². The zero-order valence-corrected chi connectivity index (χ0v) is 16.5. The number of aryl methyl sites for hydroxylation is 1. The molecule has 1 N–H and O–H groups in total. The molecule has 0 fully saturated rings. The first-order valence-corrected chi connectivity index (χ1v) is 9.95. The Morgan fingerprint density at radius 2 is 1.82 bits per heavy atom. The Morgan fingerprint density at radius 3 is 2.61 bits per heavy atom. The van der Waals surface area contributed by atoms with E-state index < -0.39 is 6.10 Å². The number of ether oxygens (including phenoxy) is 2. The summed E-state index contributed by atoms with van der Waals surface area (Å²) in [5, 5.41) is 20.8. The summed E-state index contributed by atoms with van der Waals surface area (Å²) in [5.41, 5.74) is 3.04. The molecule has 0 radical (unpaired) electrons. The normalized spacial score (nSPS) is 12.4. The van der Waals surface area contributed by atoms with E-state index in [1.54, 1.807) is 7.11 Å².